The van der Waals surface area contributed by atoms with E-state index in [-0.39, 0.29) is 29.1 Å². The summed E-state index contributed by atoms with van der Waals surface area (Å²) in [5.74, 6) is -1.50. The number of nitrogens with zero attached hydrogens (tertiary/aromatic N) is 4. The predicted octanol–water partition coefficient (Wildman–Crippen LogP) is 3.96. The Morgan fingerprint density at radius 1 is 1.14 bits per heavy atom. The van der Waals surface area contributed by atoms with E-state index in [9.17, 15) is 19.0 Å². The van der Waals surface area contributed by atoms with Gasteiger partial charge in [-0.15, -0.1) is 0 Å². The van der Waals surface area contributed by atoms with E-state index in [1.807, 2.05) is 13.0 Å². The molecule has 4 aromatic rings. The van der Waals surface area contributed by atoms with Crippen molar-refractivity contribution >= 4 is 5.52 Å². The van der Waals surface area contributed by atoms with Gasteiger partial charge in [0.15, 0.2) is 0 Å². The lowest BCUT2D eigenvalue weighted by molar-refractivity contribution is -0.0464. The summed E-state index contributed by atoms with van der Waals surface area (Å²) in [6, 6.07) is 6.56. The fourth-order valence-electron chi connectivity index (χ4n) is 5.07. The molecular formula is C26H27F2N5O2. The van der Waals surface area contributed by atoms with Crippen LogP contribution in [0.25, 0.3) is 16.8 Å². The van der Waals surface area contributed by atoms with Crippen molar-refractivity contribution in [2.75, 3.05) is 0 Å². The van der Waals surface area contributed by atoms with Crippen LogP contribution in [0.2, 0.25) is 0 Å². The third-order valence-corrected chi connectivity index (χ3v) is 7.39. The molecule has 7 nitrogen and oxygen atoms in total. The number of phenolic OH excluding ortho intramolecular Hbond substituents is 1. The summed E-state index contributed by atoms with van der Waals surface area (Å²) >= 11 is 0. The maximum absolute atomic E-state index is 14.4. The van der Waals surface area contributed by atoms with Crippen LogP contribution in [0.1, 0.15) is 49.6 Å². The van der Waals surface area contributed by atoms with Crippen molar-refractivity contribution < 1.29 is 19.0 Å². The number of aromatic nitrogens is 4. The first-order valence-corrected chi connectivity index (χ1v) is 11.6. The Balaban J connectivity index is 1.51. The van der Waals surface area contributed by atoms with Crippen LogP contribution in [0.3, 0.4) is 0 Å². The zero-order chi connectivity index (χ0) is 24.9. The van der Waals surface area contributed by atoms with Crippen LogP contribution in [0.5, 0.6) is 5.75 Å². The quantitative estimate of drug-likeness (QED) is 0.409. The third kappa shape index (κ3) is 4.15. The van der Waals surface area contributed by atoms with E-state index in [0.29, 0.717) is 24.2 Å². The van der Waals surface area contributed by atoms with E-state index in [0.717, 1.165) is 29.7 Å². The Morgan fingerprint density at radius 2 is 1.89 bits per heavy atom. The molecule has 3 heterocycles. The van der Waals surface area contributed by atoms with Crippen LogP contribution in [0.15, 0.2) is 48.9 Å². The van der Waals surface area contributed by atoms with Crippen molar-refractivity contribution in [2.45, 2.75) is 50.7 Å². The van der Waals surface area contributed by atoms with Gasteiger partial charge in [-0.25, -0.2) is 18.3 Å². The highest BCUT2D eigenvalue weighted by Gasteiger charge is 2.42. The summed E-state index contributed by atoms with van der Waals surface area (Å²) in [4.78, 5) is 8.81. The molecule has 0 amide bonds. The number of aliphatic hydroxyl groups is 1. The van der Waals surface area contributed by atoms with Crippen LogP contribution in [0.4, 0.5) is 8.78 Å². The molecule has 3 aromatic heterocycles. The predicted molar refractivity (Wildman–Crippen MR) is 127 cm³/mol. The number of halogens is 2. The largest absolute Gasteiger partial charge is 0.508 e. The molecule has 35 heavy (non-hydrogen) atoms. The van der Waals surface area contributed by atoms with Gasteiger partial charge in [0.05, 0.1) is 28.6 Å². The number of rotatable bonds is 4. The summed E-state index contributed by atoms with van der Waals surface area (Å²) in [6.45, 7) is 3.81. The second kappa shape index (κ2) is 8.66. The fourth-order valence-corrected chi connectivity index (χ4v) is 5.07. The molecule has 1 fully saturated rings. The van der Waals surface area contributed by atoms with Gasteiger partial charge in [-0.05, 0) is 60.9 Å². The van der Waals surface area contributed by atoms with Gasteiger partial charge in [0.1, 0.15) is 23.2 Å². The molecule has 1 aliphatic rings. The van der Waals surface area contributed by atoms with Crippen molar-refractivity contribution in [2.24, 2.45) is 11.7 Å². The normalized spacial score (nSPS) is 24.7. The Bertz CT molecular complexity index is 1370. The van der Waals surface area contributed by atoms with Crippen LogP contribution in [-0.2, 0) is 6.42 Å². The Morgan fingerprint density at radius 3 is 2.60 bits per heavy atom. The van der Waals surface area contributed by atoms with E-state index < -0.39 is 23.0 Å². The smallest absolute Gasteiger partial charge is 0.139 e. The van der Waals surface area contributed by atoms with Gasteiger partial charge in [0.25, 0.3) is 0 Å². The Labute approximate surface area is 201 Å². The minimum Gasteiger partial charge on any atom is -0.508 e. The lowest BCUT2D eigenvalue weighted by atomic mass is 9.67. The fraction of sp³-hybridized carbons (Fsp3) is 0.346. The molecule has 0 unspecified atom stereocenters. The molecule has 1 aliphatic carbocycles. The molecule has 182 valence electrons. The van der Waals surface area contributed by atoms with Gasteiger partial charge >= 0.3 is 0 Å². The van der Waals surface area contributed by atoms with E-state index in [1.165, 1.54) is 6.07 Å². The van der Waals surface area contributed by atoms with E-state index in [4.69, 9.17) is 5.73 Å². The van der Waals surface area contributed by atoms with Crippen molar-refractivity contribution in [3.63, 3.8) is 0 Å². The molecule has 0 saturated heterocycles. The van der Waals surface area contributed by atoms with Crippen LogP contribution in [-0.4, -0.2) is 41.4 Å². The number of phenols is 1. The summed E-state index contributed by atoms with van der Waals surface area (Å²) in [5.41, 5.74) is 7.92. The summed E-state index contributed by atoms with van der Waals surface area (Å²) in [5, 5.41) is 24.6. The number of benzene rings is 1. The second-order valence-corrected chi connectivity index (χ2v) is 9.67. The molecule has 5 rings (SSSR count). The Kier molecular flexibility index (Phi) is 5.77. The lowest BCUT2D eigenvalue weighted by Gasteiger charge is -2.44. The average Bonchev–Trinajstić information content (AvgIpc) is 3.19. The topological polar surface area (TPSA) is 110 Å². The number of aromatic hydroxyl groups is 1. The standard InChI is InChI=1S/C26H27F2N5O2/c1-14-7-15(8-23(29)26(14,2)35)19-5-6-30-12-16(19)9-24-31-13-17-3-4-22(32-33(17)24)25-20(27)10-18(34)11-21(25)28/h3-6,10-15,23,34-35H,7-9,29H2,1-2H3/t14-,15+,23+,26+/m0/s1. The molecule has 9 heteroatoms. The molecule has 1 saturated carbocycles. The number of fused-ring (bicyclic) bond motifs is 1. The lowest BCUT2D eigenvalue weighted by Crippen LogP contribution is -2.54. The van der Waals surface area contributed by atoms with Crippen LogP contribution >= 0.6 is 0 Å². The van der Waals surface area contributed by atoms with Gasteiger partial charge in [-0.1, -0.05) is 6.92 Å². The maximum Gasteiger partial charge on any atom is 0.139 e. The number of nitrogens with two attached hydrogens (primary N) is 1. The molecule has 0 spiro atoms. The molecule has 0 radical (unpaired) electrons. The molecular weight excluding hydrogens is 452 g/mol. The number of pyridine rings is 1. The van der Waals surface area contributed by atoms with Crippen molar-refractivity contribution in [3.8, 4) is 17.0 Å². The molecule has 0 bridgehead atoms. The average molecular weight is 480 g/mol. The van der Waals surface area contributed by atoms with Crippen LogP contribution in [0, 0.1) is 17.6 Å². The zero-order valence-electron chi connectivity index (χ0n) is 19.5. The maximum atomic E-state index is 14.4. The first-order valence-electron chi connectivity index (χ1n) is 11.6. The van der Waals surface area contributed by atoms with Gasteiger partial charge in [-0.3, -0.25) is 4.98 Å². The summed E-state index contributed by atoms with van der Waals surface area (Å²) in [7, 11) is 0. The van der Waals surface area contributed by atoms with E-state index in [2.05, 4.69) is 15.1 Å². The summed E-state index contributed by atoms with van der Waals surface area (Å²) < 4.78 is 30.5. The van der Waals surface area contributed by atoms with Gasteiger partial charge in [-0.2, -0.15) is 5.10 Å². The van der Waals surface area contributed by atoms with E-state index >= 15 is 0 Å². The van der Waals surface area contributed by atoms with Gasteiger partial charge < -0.3 is 15.9 Å². The van der Waals surface area contributed by atoms with Gasteiger partial charge in [0.2, 0.25) is 0 Å². The molecule has 1 aromatic carbocycles. The second-order valence-electron chi connectivity index (χ2n) is 9.67. The number of hydrogen-bond acceptors (Lipinski definition) is 6. The highest BCUT2D eigenvalue weighted by molar-refractivity contribution is 5.63. The van der Waals surface area contributed by atoms with Crippen LogP contribution < -0.4 is 5.73 Å². The molecule has 4 atom stereocenters. The first kappa shape index (κ1) is 23.3. The third-order valence-electron chi connectivity index (χ3n) is 7.39. The highest BCUT2D eigenvalue weighted by atomic mass is 19.1. The number of hydrogen-bond donors (Lipinski definition) is 3. The zero-order valence-corrected chi connectivity index (χ0v) is 19.5. The van der Waals surface area contributed by atoms with Crippen molar-refractivity contribution in [1.82, 2.24) is 19.6 Å². The number of imidazole rings is 1. The highest BCUT2D eigenvalue weighted by Crippen LogP contribution is 2.42. The monoisotopic (exact) mass is 479 g/mol. The molecule has 4 N–H and O–H groups in total. The minimum absolute atomic E-state index is 0.0313. The SMILES string of the molecule is C[C@H]1C[C@@H](c2ccncc2Cc2ncc3ccc(-c4c(F)cc(O)cc4F)nn23)C[C@@H](N)[C@]1(C)O. The van der Waals surface area contributed by atoms with Crippen molar-refractivity contribution in [3.05, 3.63) is 77.5 Å². The van der Waals surface area contributed by atoms with Crippen molar-refractivity contribution in [1.29, 1.82) is 0 Å². The van der Waals surface area contributed by atoms with E-state index in [1.54, 1.807) is 36.1 Å². The first-order chi connectivity index (χ1) is 16.6. The summed E-state index contributed by atoms with van der Waals surface area (Å²) in [6.07, 6.45) is 7.05. The Hall–Kier alpha value is -3.43. The molecule has 0 aliphatic heterocycles. The van der Waals surface area contributed by atoms with Gasteiger partial charge in [0, 0.05) is 37.0 Å². The minimum atomic E-state index is -0.915.